The number of amides is 1. The van der Waals surface area contributed by atoms with Gasteiger partial charge in [0.2, 0.25) is 0 Å². The van der Waals surface area contributed by atoms with Crippen molar-refractivity contribution in [3.63, 3.8) is 0 Å². The van der Waals surface area contributed by atoms with Gasteiger partial charge < -0.3 is 0 Å². The van der Waals surface area contributed by atoms with Crippen molar-refractivity contribution < 1.29 is 18.1 Å². The number of nitrogens with one attached hydrogen (secondary N) is 1. The van der Waals surface area contributed by atoms with Gasteiger partial charge in [0.1, 0.15) is 0 Å². The van der Waals surface area contributed by atoms with E-state index >= 15 is 0 Å². The fourth-order valence-electron chi connectivity index (χ4n) is 1.69. The molecule has 2 aromatic carbocycles. The van der Waals surface area contributed by atoms with Crippen LogP contribution in [0.2, 0.25) is 0 Å². The van der Waals surface area contributed by atoms with Gasteiger partial charge in [-0.05, 0) is 24.3 Å². The molecule has 1 N–H and O–H groups in total. The number of halogens is 2. The highest BCUT2D eigenvalue weighted by Crippen LogP contribution is 2.21. The van der Waals surface area contributed by atoms with Gasteiger partial charge in [-0.2, -0.15) is 0 Å². The molecule has 0 spiro atoms. The second-order valence-corrected chi connectivity index (χ2v) is 7.86. The smallest absolute Gasteiger partial charge is 0.268 e. The summed E-state index contributed by atoms with van der Waals surface area (Å²) in [6.45, 7) is 0. The summed E-state index contributed by atoms with van der Waals surface area (Å²) in [5, 5.41) is 10.7. The van der Waals surface area contributed by atoms with Crippen molar-refractivity contribution in [2.75, 3.05) is 0 Å². The maximum Gasteiger partial charge on any atom is 0.270 e. The topological polar surface area (TPSA) is 106 Å². The number of rotatable bonds is 4. The van der Waals surface area contributed by atoms with Crippen LogP contribution in [-0.2, 0) is 10.0 Å². The Hall–Kier alpha value is -1.78. The Kier molecular flexibility index (Phi) is 5.17. The molecule has 0 saturated carbocycles. The maximum absolute atomic E-state index is 12.2. The van der Waals surface area contributed by atoms with Gasteiger partial charge in [-0.25, -0.2) is 13.1 Å². The minimum Gasteiger partial charge on any atom is -0.268 e. The number of carbonyl (C=O) groups excluding carboxylic acids is 1. The van der Waals surface area contributed by atoms with Gasteiger partial charge in [0.25, 0.3) is 21.6 Å². The van der Waals surface area contributed by atoms with Crippen LogP contribution < -0.4 is 4.72 Å². The molecule has 1 amide bonds. The zero-order valence-electron chi connectivity index (χ0n) is 11.2. The van der Waals surface area contributed by atoms with Gasteiger partial charge in [-0.15, -0.1) is 0 Å². The Morgan fingerprint density at radius 3 is 2.26 bits per heavy atom. The van der Waals surface area contributed by atoms with E-state index in [1.165, 1.54) is 24.3 Å². The van der Waals surface area contributed by atoms with E-state index in [9.17, 15) is 23.3 Å². The number of carbonyl (C=O) groups is 1. The normalized spacial score (nSPS) is 11.0. The van der Waals surface area contributed by atoms with Gasteiger partial charge >= 0.3 is 0 Å². The van der Waals surface area contributed by atoms with E-state index in [2.05, 4.69) is 31.9 Å². The summed E-state index contributed by atoms with van der Waals surface area (Å²) in [5.41, 5.74) is -0.272. The van der Waals surface area contributed by atoms with Crippen molar-refractivity contribution in [3.05, 3.63) is 67.1 Å². The summed E-state index contributed by atoms with van der Waals surface area (Å²) in [4.78, 5) is 21.7. The number of nitro benzene ring substituents is 1. The van der Waals surface area contributed by atoms with Crippen LogP contribution in [0.15, 0.2) is 56.3 Å². The van der Waals surface area contributed by atoms with Crippen molar-refractivity contribution in [2.45, 2.75) is 4.90 Å². The average Bonchev–Trinajstić information content (AvgIpc) is 2.46. The fraction of sp³-hybridized carbons (Fsp3) is 0. The van der Waals surface area contributed by atoms with Crippen LogP contribution in [0.3, 0.4) is 0 Å². The monoisotopic (exact) mass is 462 g/mol. The van der Waals surface area contributed by atoms with E-state index < -0.39 is 20.9 Å². The summed E-state index contributed by atoms with van der Waals surface area (Å²) in [6.07, 6.45) is 0. The van der Waals surface area contributed by atoms with E-state index in [-0.39, 0.29) is 16.1 Å². The molecule has 0 aromatic heterocycles. The van der Waals surface area contributed by atoms with Gasteiger partial charge in [-0.3, -0.25) is 14.9 Å². The highest BCUT2D eigenvalue weighted by Gasteiger charge is 2.21. The van der Waals surface area contributed by atoms with E-state index in [0.29, 0.717) is 8.95 Å². The number of hydrogen-bond acceptors (Lipinski definition) is 5. The summed E-state index contributed by atoms with van der Waals surface area (Å²) in [6, 6.07) is 9.02. The highest BCUT2D eigenvalue weighted by atomic mass is 79.9. The first kappa shape index (κ1) is 17.6. The predicted octanol–water partition coefficient (Wildman–Crippen LogP) is 3.24. The molecule has 120 valence electrons. The standard InChI is InChI=1S/C13H8Br2N2O5S/c14-9-4-8(5-10(15)6-9)13(18)16-23(21,22)12-3-1-2-11(7-12)17(19)20/h1-7H,(H,16,18). The van der Waals surface area contributed by atoms with E-state index in [4.69, 9.17) is 0 Å². The SMILES string of the molecule is O=C(NS(=O)(=O)c1cccc([N+](=O)[O-])c1)c1cc(Br)cc(Br)c1. The van der Waals surface area contributed by atoms with Crippen LogP contribution in [-0.4, -0.2) is 19.2 Å². The molecular formula is C13H8Br2N2O5S. The van der Waals surface area contributed by atoms with Crippen LogP contribution in [0, 0.1) is 10.1 Å². The lowest BCUT2D eigenvalue weighted by Crippen LogP contribution is -2.30. The molecule has 0 radical (unpaired) electrons. The Balaban J connectivity index is 2.32. The second-order valence-electron chi connectivity index (χ2n) is 4.35. The fourth-order valence-corrected chi connectivity index (χ4v) is 4.00. The lowest BCUT2D eigenvalue weighted by molar-refractivity contribution is -0.385. The Morgan fingerprint density at radius 1 is 1.09 bits per heavy atom. The van der Waals surface area contributed by atoms with E-state index in [0.717, 1.165) is 12.1 Å². The third-order valence-corrected chi connectivity index (χ3v) is 4.93. The molecule has 0 heterocycles. The molecule has 2 rings (SSSR count). The predicted molar refractivity (Wildman–Crippen MR) is 89.6 cm³/mol. The molecule has 0 aliphatic rings. The van der Waals surface area contributed by atoms with Crippen molar-refractivity contribution >= 4 is 53.5 Å². The highest BCUT2D eigenvalue weighted by molar-refractivity contribution is 9.11. The molecule has 23 heavy (non-hydrogen) atoms. The van der Waals surface area contributed by atoms with Crippen molar-refractivity contribution in [1.82, 2.24) is 4.72 Å². The largest absolute Gasteiger partial charge is 0.270 e. The molecule has 7 nitrogen and oxygen atoms in total. The van der Waals surface area contributed by atoms with Crippen molar-refractivity contribution in [3.8, 4) is 0 Å². The Bertz CT molecular complexity index is 879. The molecule has 0 aliphatic heterocycles. The molecule has 2 aromatic rings. The summed E-state index contributed by atoms with van der Waals surface area (Å²) < 4.78 is 27.4. The van der Waals surface area contributed by atoms with Gasteiger partial charge in [0.05, 0.1) is 9.82 Å². The first-order valence-electron chi connectivity index (χ1n) is 5.97. The summed E-state index contributed by atoms with van der Waals surface area (Å²) >= 11 is 6.39. The number of nitrogens with zero attached hydrogens (tertiary/aromatic N) is 1. The summed E-state index contributed by atoms with van der Waals surface area (Å²) in [7, 11) is -4.22. The molecule has 0 saturated heterocycles. The minimum atomic E-state index is -4.22. The van der Waals surface area contributed by atoms with Crippen LogP contribution in [0.5, 0.6) is 0 Å². The molecular weight excluding hydrogens is 456 g/mol. The zero-order chi connectivity index (χ0) is 17.2. The molecule has 0 atom stereocenters. The number of benzene rings is 2. The quantitative estimate of drug-likeness (QED) is 0.553. The van der Waals surface area contributed by atoms with Crippen LogP contribution in [0.4, 0.5) is 5.69 Å². The number of sulfonamides is 1. The molecule has 0 fully saturated rings. The van der Waals surface area contributed by atoms with Crippen LogP contribution in [0.1, 0.15) is 10.4 Å². The van der Waals surface area contributed by atoms with Gasteiger partial charge in [-0.1, -0.05) is 37.9 Å². The third-order valence-electron chi connectivity index (χ3n) is 2.69. The van der Waals surface area contributed by atoms with Crippen molar-refractivity contribution in [2.24, 2.45) is 0 Å². The van der Waals surface area contributed by atoms with Crippen LogP contribution in [0.25, 0.3) is 0 Å². The Labute approximate surface area is 148 Å². The zero-order valence-corrected chi connectivity index (χ0v) is 15.2. The molecule has 0 unspecified atom stereocenters. The summed E-state index contributed by atoms with van der Waals surface area (Å²) in [5.74, 6) is -0.849. The van der Waals surface area contributed by atoms with E-state index in [1.807, 2.05) is 4.72 Å². The van der Waals surface area contributed by atoms with Gasteiger partial charge in [0.15, 0.2) is 0 Å². The second kappa shape index (κ2) is 6.77. The first-order chi connectivity index (χ1) is 10.7. The third kappa shape index (κ3) is 4.36. The number of nitro groups is 1. The average molecular weight is 464 g/mol. The lowest BCUT2D eigenvalue weighted by atomic mass is 10.2. The molecule has 0 aliphatic carbocycles. The van der Waals surface area contributed by atoms with Crippen molar-refractivity contribution in [1.29, 1.82) is 0 Å². The van der Waals surface area contributed by atoms with Crippen LogP contribution >= 0.6 is 31.9 Å². The molecule has 0 bridgehead atoms. The first-order valence-corrected chi connectivity index (χ1v) is 9.04. The minimum absolute atomic E-state index is 0.111. The lowest BCUT2D eigenvalue weighted by Gasteiger charge is -2.07. The number of hydrogen-bond donors (Lipinski definition) is 1. The number of non-ortho nitro benzene ring substituents is 1. The maximum atomic E-state index is 12.2. The Morgan fingerprint density at radius 2 is 1.70 bits per heavy atom. The van der Waals surface area contributed by atoms with Gasteiger partial charge in [0, 0.05) is 26.6 Å². The molecule has 10 heteroatoms. The van der Waals surface area contributed by atoms with E-state index in [1.54, 1.807) is 6.07 Å².